The van der Waals surface area contributed by atoms with Gasteiger partial charge in [0.25, 0.3) is 0 Å². The fraction of sp³-hybridized carbons (Fsp3) is 0.647. The molecule has 0 heterocycles. The average Bonchev–Trinajstić information content (AvgIpc) is 2.40. The SMILES string of the molecule is CC1(C)CCC(OCc2ccc(CCN)cc2)CC1. The lowest BCUT2D eigenvalue weighted by Crippen LogP contribution is -2.26. The molecule has 1 aliphatic rings. The van der Waals surface area contributed by atoms with Crippen molar-refractivity contribution in [2.45, 2.75) is 58.7 Å². The zero-order chi connectivity index (χ0) is 13.7. The summed E-state index contributed by atoms with van der Waals surface area (Å²) in [5.41, 5.74) is 8.65. The first-order valence-corrected chi connectivity index (χ1v) is 7.48. The number of hydrogen-bond donors (Lipinski definition) is 1. The molecular weight excluding hydrogens is 234 g/mol. The molecule has 0 bridgehead atoms. The Morgan fingerprint density at radius 2 is 1.68 bits per heavy atom. The van der Waals surface area contributed by atoms with Crippen molar-refractivity contribution in [1.82, 2.24) is 0 Å². The van der Waals surface area contributed by atoms with Gasteiger partial charge in [-0.05, 0) is 55.2 Å². The van der Waals surface area contributed by atoms with Crippen LogP contribution in [-0.2, 0) is 17.8 Å². The summed E-state index contributed by atoms with van der Waals surface area (Å²) in [5.74, 6) is 0. The third kappa shape index (κ3) is 4.63. The first-order chi connectivity index (χ1) is 9.09. The van der Waals surface area contributed by atoms with Crippen LogP contribution < -0.4 is 5.73 Å². The summed E-state index contributed by atoms with van der Waals surface area (Å²) in [5, 5.41) is 0. The number of hydrogen-bond acceptors (Lipinski definition) is 2. The van der Waals surface area contributed by atoms with Crippen LogP contribution in [0.15, 0.2) is 24.3 Å². The van der Waals surface area contributed by atoms with Gasteiger partial charge in [-0.15, -0.1) is 0 Å². The van der Waals surface area contributed by atoms with Gasteiger partial charge in [0.05, 0.1) is 12.7 Å². The van der Waals surface area contributed by atoms with Crippen molar-refractivity contribution in [2.75, 3.05) is 6.54 Å². The summed E-state index contributed by atoms with van der Waals surface area (Å²) in [4.78, 5) is 0. The van der Waals surface area contributed by atoms with Gasteiger partial charge in [-0.1, -0.05) is 38.1 Å². The summed E-state index contributed by atoms with van der Waals surface area (Å²) in [6.45, 7) is 6.18. The van der Waals surface area contributed by atoms with Crippen molar-refractivity contribution >= 4 is 0 Å². The van der Waals surface area contributed by atoms with Crippen LogP contribution in [0.5, 0.6) is 0 Å². The van der Waals surface area contributed by atoms with Crippen LogP contribution in [-0.4, -0.2) is 12.6 Å². The maximum atomic E-state index is 6.04. The number of benzene rings is 1. The zero-order valence-corrected chi connectivity index (χ0v) is 12.3. The van der Waals surface area contributed by atoms with Crippen molar-refractivity contribution in [2.24, 2.45) is 11.1 Å². The first kappa shape index (κ1) is 14.5. The maximum absolute atomic E-state index is 6.04. The van der Waals surface area contributed by atoms with Crippen LogP contribution in [0.2, 0.25) is 0 Å². The van der Waals surface area contributed by atoms with E-state index in [9.17, 15) is 0 Å². The monoisotopic (exact) mass is 261 g/mol. The molecule has 0 amide bonds. The second-order valence-electron chi connectivity index (χ2n) is 6.53. The highest BCUT2D eigenvalue weighted by Gasteiger charge is 2.26. The summed E-state index contributed by atoms with van der Waals surface area (Å²) in [6, 6.07) is 8.65. The van der Waals surface area contributed by atoms with E-state index in [0.717, 1.165) is 13.0 Å². The van der Waals surface area contributed by atoms with Crippen LogP contribution in [0.3, 0.4) is 0 Å². The van der Waals surface area contributed by atoms with Crippen molar-refractivity contribution in [3.8, 4) is 0 Å². The molecule has 2 heteroatoms. The Bertz CT molecular complexity index is 373. The average molecular weight is 261 g/mol. The molecule has 0 aromatic heterocycles. The summed E-state index contributed by atoms with van der Waals surface area (Å²) >= 11 is 0. The Morgan fingerprint density at radius 3 is 2.26 bits per heavy atom. The molecule has 2 nitrogen and oxygen atoms in total. The molecule has 106 valence electrons. The van der Waals surface area contributed by atoms with Gasteiger partial charge in [0.1, 0.15) is 0 Å². The zero-order valence-electron chi connectivity index (χ0n) is 12.3. The molecule has 0 radical (unpaired) electrons. The molecule has 1 aromatic rings. The molecular formula is C17H27NO. The van der Waals surface area contributed by atoms with E-state index in [0.29, 0.717) is 18.1 Å². The lowest BCUT2D eigenvalue weighted by molar-refractivity contribution is -0.00558. The van der Waals surface area contributed by atoms with E-state index in [1.165, 1.54) is 36.8 Å². The van der Waals surface area contributed by atoms with E-state index in [2.05, 4.69) is 38.1 Å². The molecule has 1 aliphatic carbocycles. The third-order valence-corrected chi connectivity index (χ3v) is 4.23. The summed E-state index contributed by atoms with van der Waals surface area (Å²) in [6.07, 6.45) is 6.40. The van der Waals surface area contributed by atoms with E-state index in [1.807, 2.05) is 0 Å². The van der Waals surface area contributed by atoms with Gasteiger partial charge in [-0.25, -0.2) is 0 Å². The Kier molecular flexibility index (Phi) is 5.00. The topological polar surface area (TPSA) is 35.2 Å². The minimum Gasteiger partial charge on any atom is -0.374 e. The quantitative estimate of drug-likeness (QED) is 0.877. The molecule has 0 atom stereocenters. The lowest BCUT2D eigenvalue weighted by Gasteiger charge is -2.34. The molecule has 1 saturated carbocycles. The van der Waals surface area contributed by atoms with Crippen LogP contribution >= 0.6 is 0 Å². The molecule has 0 spiro atoms. The highest BCUT2D eigenvalue weighted by molar-refractivity contribution is 5.22. The van der Waals surface area contributed by atoms with Gasteiger partial charge in [-0.3, -0.25) is 0 Å². The van der Waals surface area contributed by atoms with Crippen LogP contribution in [0.4, 0.5) is 0 Å². The molecule has 2 rings (SSSR count). The van der Waals surface area contributed by atoms with E-state index in [1.54, 1.807) is 0 Å². The molecule has 1 aromatic carbocycles. The number of nitrogens with two attached hydrogens (primary N) is 1. The first-order valence-electron chi connectivity index (χ1n) is 7.48. The van der Waals surface area contributed by atoms with Gasteiger partial charge in [0.15, 0.2) is 0 Å². The standard InChI is InChI=1S/C17H27NO/c1-17(2)10-7-16(8-11-17)19-13-15-5-3-14(4-6-15)9-12-18/h3-6,16H,7-13,18H2,1-2H3. The predicted octanol–water partition coefficient (Wildman–Crippen LogP) is 3.67. The van der Waals surface area contributed by atoms with Gasteiger partial charge in [0.2, 0.25) is 0 Å². The van der Waals surface area contributed by atoms with Crippen molar-refractivity contribution < 1.29 is 4.74 Å². The smallest absolute Gasteiger partial charge is 0.0720 e. The molecule has 0 unspecified atom stereocenters. The molecule has 2 N–H and O–H groups in total. The third-order valence-electron chi connectivity index (χ3n) is 4.23. The van der Waals surface area contributed by atoms with Gasteiger partial charge in [0, 0.05) is 0 Å². The van der Waals surface area contributed by atoms with Gasteiger partial charge in [-0.2, -0.15) is 0 Å². The number of rotatable bonds is 5. The Labute approximate surface area is 117 Å². The molecule has 19 heavy (non-hydrogen) atoms. The molecule has 0 aliphatic heterocycles. The lowest BCUT2D eigenvalue weighted by atomic mass is 9.76. The molecule has 1 fully saturated rings. The van der Waals surface area contributed by atoms with E-state index < -0.39 is 0 Å². The highest BCUT2D eigenvalue weighted by atomic mass is 16.5. The summed E-state index contributed by atoms with van der Waals surface area (Å²) < 4.78 is 6.04. The normalized spacial score (nSPS) is 19.5. The van der Waals surface area contributed by atoms with Crippen LogP contribution in [0, 0.1) is 5.41 Å². The minimum absolute atomic E-state index is 0.455. The van der Waals surface area contributed by atoms with Crippen molar-refractivity contribution in [1.29, 1.82) is 0 Å². The fourth-order valence-corrected chi connectivity index (χ4v) is 2.72. The number of ether oxygens (including phenoxy) is 1. The second-order valence-corrected chi connectivity index (χ2v) is 6.53. The van der Waals surface area contributed by atoms with Crippen molar-refractivity contribution in [3.05, 3.63) is 35.4 Å². The Hall–Kier alpha value is -0.860. The van der Waals surface area contributed by atoms with Crippen LogP contribution in [0.1, 0.15) is 50.7 Å². The molecule has 0 saturated heterocycles. The van der Waals surface area contributed by atoms with E-state index >= 15 is 0 Å². The maximum Gasteiger partial charge on any atom is 0.0720 e. The predicted molar refractivity (Wildman–Crippen MR) is 80.0 cm³/mol. The van der Waals surface area contributed by atoms with Crippen LogP contribution in [0.25, 0.3) is 0 Å². The van der Waals surface area contributed by atoms with E-state index in [-0.39, 0.29) is 0 Å². The Morgan fingerprint density at radius 1 is 1.11 bits per heavy atom. The highest BCUT2D eigenvalue weighted by Crippen LogP contribution is 2.36. The van der Waals surface area contributed by atoms with Crippen molar-refractivity contribution in [3.63, 3.8) is 0 Å². The van der Waals surface area contributed by atoms with Gasteiger partial charge < -0.3 is 10.5 Å². The van der Waals surface area contributed by atoms with Gasteiger partial charge >= 0.3 is 0 Å². The Balaban J connectivity index is 1.76. The summed E-state index contributed by atoms with van der Waals surface area (Å²) in [7, 11) is 0. The fourth-order valence-electron chi connectivity index (χ4n) is 2.72. The second kappa shape index (κ2) is 6.53. The minimum atomic E-state index is 0.455. The van der Waals surface area contributed by atoms with E-state index in [4.69, 9.17) is 10.5 Å². The largest absolute Gasteiger partial charge is 0.374 e.